The third kappa shape index (κ3) is 2.59. The first-order valence-electron chi connectivity index (χ1n) is 5.63. The summed E-state index contributed by atoms with van der Waals surface area (Å²) in [6.45, 7) is 1.60. The average Bonchev–Trinajstić information content (AvgIpc) is 2.80. The quantitative estimate of drug-likeness (QED) is 0.748. The number of nitrogens with one attached hydrogen (secondary N) is 2. The highest BCUT2D eigenvalue weighted by Gasteiger charge is 2.26. The van der Waals surface area contributed by atoms with E-state index in [1.165, 1.54) is 12.4 Å². The molecule has 0 saturated heterocycles. The van der Waals surface area contributed by atoms with Gasteiger partial charge in [-0.3, -0.25) is 4.79 Å². The zero-order valence-electron chi connectivity index (χ0n) is 10.1. The Kier molecular flexibility index (Phi) is 3.54. The van der Waals surface area contributed by atoms with Gasteiger partial charge < -0.3 is 10.1 Å². The molecule has 1 atom stereocenters. The third-order valence-electron chi connectivity index (χ3n) is 2.71. The van der Waals surface area contributed by atoms with Crippen molar-refractivity contribution in [2.45, 2.75) is 24.3 Å². The highest BCUT2D eigenvalue weighted by molar-refractivity contribution is 7.89. The lowest BCUT2D eigenvalue weighted by Crippen LogP contribution is -2.40. The van der Waals surface area contributed by atoms with Crippen LogP contribution in [0.4, 0.5) is 0 Å². The topological polar surface area (TPSA) is 112 Å². The number of H-pyrrole nitrogens is 1. The van der Waals surface area contributed by atoms with E-state index in [2.05, 4.69) is 14.7 Å². The number of aromatic amines is 1. The van der Waals surface area contributed by atoms with Crippen LogP contribution in [0.15, 0.2) is 29.4 Å². The van der Waals surface area contributed by atoms with Gasteiger partial charge >= 0.3 is 5.97 Å². The van der Waals surface area contributed by atoms with Crippen molar-refractivity contribution in [2.24, 2.45) is 0 Å². The maximum absolute atomic E-state index is 12.2. The normalized spacial score (nSPS) is 13.5. The fourth-order valence-electron chi connectivity index (χ4n) is 1.71. The molecule has 0 spiro atoms. The number of aliphatic carboxylic acids is 1. The summed E-state index contributed by atoms with van der Waals surface area (Å²) in [5, 5.41) is 9.33. The van der Waals surface area contributed by atoms with E-state index in [9.17, 15) is 13.2 Å². The molecule has 7 nitrogen and oxygen atoms in total. The number of fused-ring (bicyclic) bond motifs is 1. The van der Waals surface area contributed by atoms with Crippen molar-refractivity contribution in [2.75, 3.05) is 0 Å². The fourth-order valence-corrected chi connectivity index (χ4v) is 3.15. The van der Waals surface area contributed by atoms with Gasteiger partial charge in [-0.1, -0.05) is 6.92 Å². The number of aromatic nitrogens is 2. The van der Waals surface area contributed by atoms with Crippen molar-refractivity contribution in [3.05, 3.63) is 24.5 Å². The number of hydrogen-bond donors (Lipinski definition) is 3. The van der Waals surface area contributed by atoms with Crippen molar-refractivity contribution < 1.29 is 18.3 Å². The maximum atomic E-state index is 12.2. The predicted molar refractivity (Wildman–Crippen MR) is 68.1 cm³/mol. The Hall–Kier alpha value is -1.93. The highest BCUT2D eigenvalue weighted by atomic mass is 32.2. The van der Waals surface area contributed by atoms with E-state index in [-0.39, 0.29) is 11.3 Å². The Morgan fingerprint density at radius 3 is 2.95 bits per heavy atom. The molecule has 19 heavy (non-hydrogen) atoms. The summed E-state index contributed by atoms with van der Waals surface area (Å²) < 4.78 is 26.5. The lowest BCUT2D eigenvalue weighted by Gasteiger charge is -2.11. The van der Waals surface area contributed by atoms with Crippen LogP contribution in [-0.4, -0.2) is 35.5 Å². The van der Waals surface area contributed by atoms with E-state index in [0.29, 0.717) is 11.0 Å². The van der Waals surface area contributed by atoms with Crippen LogP contribution in [0.25, 0.3) is 11.0 Å². The number of sulfonamides is 1. The zero-order chi connectivity index (χ0) is 14.0. The minimum atomic E-state index is -3.90. The minimum Gasteiger partial charge on any atom is -0.480 e. The van der Waals surface area contributed by atoms with Crippen molar-refractivity contribution in [3.8, 4) is 0 Å². The number of rotatable bonds is 5. The molecule has 2 rings (SSSR count). The summed E-state index contributed by atoms with van der Waals surface area (Å²) >= 11 is 0. The van der Waals surface area contributed by atoms with E-state index in [1.54, 1.807) is 19.1 Å². The number of carboxylic acid groups (broad SMARTS) is 1. The van der Waals surface area contributed by atoms with Gasteiger partial charge in [-0.15, -0.1) is 0 Å². The van der Waals surface area contributed by atoms with E-state index in [0.717, 1.165) is 0 Å². The minimum absolute atomic E-state index is 0.00435. The summed E-state index contributed by atoms with van der Waals surface area (Å²) in [5.41, 5.74) is 0.436. The van der Waals surface area contributed by atoms with Crippen LogP contribution in [0.3, 0.4) is 0 Å². The molecule has 0 amide bonds. The Bertz CT molecular complexity index is 708. The predicted octanol–water partition coefficient (Wildman–Crippen LogP) is 0.704. The molecule has 8 heteroatoms. The van der Waals surface area contributed by atoms with Crippen LogP contribution in [0.1, 0.15) is 13.3 Å². The van der Waals surface area contributed by atoms with Gasteiger partial charge in [0.15, 0.2) is 0 Å². The molecule has 0 saturated carbocycles. The van der Waals surface area contributed by atoms with Gasteiger partial charge in [0.05, 0.1) is 0 Å². The van der Waals surface area contributed by atoms with Gasteiger partial charge in [0.1, 0.15) is 16.6 Å². The Balaban J connectivity index is 2.42. The summed E-state index contributed by atoms with van der Waals surface area (Å²) in [7, 11) is -3.90. The largest absolute Gasteiger partial charge is 0.480 e. The van der Waals surface area contributed by atoms with E-state index >= 15 is 0 Å². The van der Waals surface area contributed by atoms with Crippen molar-refractivity contribution in [3.63, 3.8) is 0 Å². The molecule has 2 heterocycles. The van der Waals surface area contributed by atoms with Crippen LogP contribution in [0, 0.1) is 0 Å². The maximum Gasteiger partial charge on any atom is 0.321 e. The van der Waals surface area contributed by atoms with Gasteiger partial charge in [-0.25, -0.2) is 13.4 Å². The first-order valence-corrected chi connectivity index (χ1v) is 7.11. The lowest BCUT2D eigenvalue weighted by molar-refractivity contribution is -0.139. The van der Waals surface area contributed by atoms with Gasteiger partial charge in [-0.05, 0) is 18.6 Å². The molecule has 0 bridgehead atoms. The lowest BCUT2D eigenvalue weighted by atomic mass is 10.2. The molecule has 2 aromatic heterocycles. The second kappa shape index (κ2) is 4.98. The zero-order valence-corrected chi connectivity index (χ0v) is 10.9. The summed E-state index contributed by atoms with van der Waals surface area (Å²) in [6.07, 6.45) is 3.00. The van der Waals surface area contributed by atoms with Crippen LogP contribution < -0.4 is 4.72 Å². The summed E-state index contributed by atoms with van der Waals surface area (Å²) in [4.78, 5) is 17.6. The van der Waals surface area contributed by atoms with Gasteiger partial charge in [0.2, 0.25) is 10.0 Å². The molecule has 3 N–H and O–H groups in total. The van der Waals surface area contributed by atoms with Crippen LogP contribution >= 0.6 is 0 Å². The molecule has 0 aliphatic carbocycles. The van der Waals surface area contributed by atoms with E-state index in [1.807, 2.05) is 0 Å². The molecule has 0 aliphatic heterocycles. The Morgan fingerprint density at radius 2 is 2.32 bits per heavy atom. The number of hydrogen-bond acceptors (Lipinski definition) is 4. The number of nitrogens with zero attached hydrogens (tertiary/aromatic N) is 1. The molecule has 0 fully saturated rings. The Labute approximate surface area is 109 Å². The molecular weight excluding hydrogens is 270 g/mol. The molecule has 0 unspecified atom stereocenters. The van der Waals surface area contributed by atoms with Crippen LogP contribution in [0.2, 0.25) is 0 Å². The molecular formula is C11H13N3O4S. The molecule has 2 aromatic rings. The van der Waals surface area contributed by atoms with Gasteiger partial charge in [0, 0.05) is 17.8 Å². The fraction of sp³-hybridized carbons (Fsp3) is 0.273. The highest BCUT2D eigenvalue weighted by Crippen LogP contribution is 2.20. The van der Waals surface area contributed by atoms with E-state index < -0.39 is 22.0 Å². The van der Waals surface area contributed by atoms with Gasteiger partial charge in [0.25, 0.3) is 0 Å². The van der Waals surface area contributed by atoms with Crippen LogP contribution in [0.5, 0.6) is 0 Å². The first kappa shape index (κ1) is 13.5. The van der Waals surface area contributed by atoms with Gasteiger partial charge in [-0.2, -0.15) is 4.72 Å². The molecule has 0 aliphatic rings. The summed E-state index contributed by atoms with van der Waals surface area (Å²) in [6, 6.07) is 2.07. The molecule has 0 radical (unpaired) electrons. The molecule has 102 valence electrons. The second-order valence-corrected chi connectivity index (χ2v) is 5.66. The van der Waals surface area contributed by atoms with Crippen LogP contribution in [-0.2, 0) is 14.8 Å². The SMILES string of the molecule is CC[C@@H](NS(=O)(=O)c1c[nH]c2ncccc12)C(=O)O. The smallest absolute Gasteiger partial charge is 0.321 e. The average molecular weight is 283 g/mol. The monoisotopic (exact) mass is 283 g/mol. The van der Waals surface area contributed by atoms with E-state index in [4.69, 9.17) is 5.11 Å². The van der Waals surface area contributed by atoms with Crippen molar-refractivity contribution >= 4 is 27.0 Å². The third-order valence-corrected chi connectivity index (χ3v) is 4.22. The first-order chi connectivity index (χ1) is 8.95. The second-order valence-electron chi connectivity index (χ2n) is 3.97. The standard InChI is InChI=1S/C11H13N3O4S/c1-2-8(11(15)16)14-19(17,18)9-6-13-10-7(9)4-3-5-12-10/h3-6,8,14H,2H2,1H3,(H,12,13)(H,15,16)/t8-/m1/s1. The number of pyridine rings is 1. The molecule has 0 aromatic carbocycles. The Morgan fingerprint density at radius 1 is 1.58 bits per heavy atom. The summed E-state index contributed by atoms with van der Waals surface area (Å²) in [5.74, 6) is -1.20. The number of carboxylic acids is 1. The van der Waals surface area contributed by atoms with Crippen molar-refractivity contribution in [1.29, 1.82) is 0 Å². The number of carbonyl (C=O) groups is 1. The van der Waals surface area contributed by atoms with Crippen molar-refractivity contribution in [1.82, 2.24) is 14.7 Å².